The second-order valence-corrected chi connectivity index (χ2v) is 6.54. The number of hydrogen-bond acceptors (Lipinski definition) is 5. The summed E-state index contributed by atoms with van der Waals surface area (Å²) in [5, 5.41) is 13.0. The lowest BCUT2D eigenvalue weighted by molar-refractivity contribution is -0.118. The van der Waals surface area contributed by atoms with Gasteiger partial charge in [-0.05, 0) is 25.0 Å². The van der Waals surface area contributed by atoms with Crippen LogP contribution in [0, 0.1) is 0 Å². The van der Waals surface area contributed by atoms with Crippen molar-refractivity contribution in [3.8, 4) is 0 Å². The topological polar surface area (TPSA) is 63.4 Å². The number of para-hydroxylation sites is 1. The summed E-state index contributed by atoms with van der Waals surface area (Å²) >= 11 is 1.48. The largest absolute Gasteiger partial charge is 0.309 e. The van der Waals surface area contributed by atoms with Gasteiger partial charge in [0.1, 0.15) is 11.3 Å². The van der Waals surface area contributed by atoms with Crippen molar-refractivity contribution >= 4 is 27.9 Å². The number of nitrogens with zero attached hydrogens (tertiary/aromatic N) is 5. The van der Waals surface area contributed by atoms with Crippen LogP contribution in [0.1, 0.15) is 23.9 Å². The van der Waals surface area contributed by atoms with Crippen molar-refractivity contribution in [3.63, 3.8) is 0 Å². The van der Waals surface area contributed by atoms with Crippen LogP contribution in [0.25, 0.3) is 4.96 Å². The average Bonchev–Trinajstić information content (AvgIpc) is 3.16. The second kappa shape index (κ2) is 5.17. The normalized spacial score (nSPS) is 17.1. The number of aryl methyl sites for hydroxylation is 1. The molecule has 1 aliphatic heterocycles. The predicted molar refractivity (Wildman–Crippen MR) is 84.1 cm³/mol. The third kappa shape index (κ3) is 2.18. The number of fused-ring (bicyclic) bond motifs is 2. The van der Waals surface area contributed by atoms with Crippen molar-refractivity contribution in [2.45, 2.75) is 32.2 Å². The molecular formula is C15H15N5OS. The van der Waals surface area contributed by atoms with Gasteiger partial charge in [-0.3, -0.25) is 4.79 Å². The molecular weight excluding hydrogens is 298 g/mol. The summed E-state index contributed by atoms with van der Waals surface area (Å²) in [6, 6.07) is 8.36. The first-order chi connectivity index (χ1) is 10.7. The van der Waals surface area contributed by atoms with Crippen LogP contribution in [-0.4, -0.2) is 31.8 Å². The molecule has 3 aromatic rings. The highest BCUT2D eigenvalue weighted by Gasteiger charge is 2.30. The van der Waals surface area contributed by atoms with Crippen molar-refractivity contribution in [2.75, 3.05) is 4.90 Å². The van der Waals surface area contributed by atoms with Gasteiger partial charge in [0.05, 0.1) is 0 Å². The number of carbonyl (C=O) groups is 1. The average molecular weight is 313 g/mol. The van der Waals surface area contributed by atoms with E-state index in [9.17, 15) is 4.79 Å². The van der Waals surface area contributed by atoms with Gasteiger partial charge in [0.15, 0.2) is 0 Å². The summed E-state index contributed by atoms with van der Waals surface area (Å²) in [5.74, 6) is 0.156. The number of amides is 1. The van der Waals surface area contributed by atoms with Crippen LogP contribution < -0.4 is 4.90 Å². The minimum absolute atomic E-state index is 0.156. The number of hydrogen-bond donors (Lipinski definition) is 0. The standard InChI is InChI=1S/C15H15N5OS/c1-10-8-11-4-2-3-5-12(11)20(10)14(21)7-6-13-18-19-9-16-17-15(19)22-13/h2-5,9-10H,6-8H2,1H3. The molecule has 0 radical (unpaired) electrons. The summed E-state index contributed by atoms with van der Waals surface area (Å²) in [6.45, 7) is 2.10. The number of anilines is 1. The van der Waals surface area contributed by atoms with E-state index >= 15 is 0 Å². The second-order valence-electron chi connectivity index (χ2n) is 5.50. The van der Waals surface area contributed by atoms with E-state index in [1.165, 1.54) is 16.9 Å². The number of aromatic nitrogens is 4. The van der Waals surface area contributed by atoms with E-state index in [1.807, 2.05) is 23.1 Å². The Morgan fingerprint density at radius 1 is 1.41 bits per heavy atom. The van der Waals surface area contributed by atoms with E-state index in [0.29, 0.717) is 12.8 Å². The first-order valence-corrected chi connectivity index (χ1v) is 8.10. The Labute approximate surface area is 131 Å². The van der Waals surface area contributed by atoms with Gasteiger partial charge in [0.25, 0.3) is 0 Å². The van der Waals surface area contributed by atoms with Crippen LogP contribution in [0.15, 0.2) is 30.6 Å². The van der Waals surface area contributed by atoms with Crippen molar-refractivity contribution in [3.05, 3.63) is 41.2 Å². The Bertz CT molecular complexity index is 811. The molecule has 1 aliphatic rings. The minimum Gasteiger partial charge on any atom is -0.309 e. The molecule has 7 heteroatoms. The third-order valence-electron chi connectivity index (χ3n) is 3.96. The maximum Gasteiger partial charge on any atom is 0.234 e. The molecule has 0 saturated carbocycles. The van der Waals surface area contributed by atoms with E-state index in [0.717, 1.165) is 22.1 Å². The van der Waals surface area contributed by atoms with Gasteiger partial charge >= 0.3 is 0 Å². The van der Waals surface area contributed by atoms with Crippen LogP contribution in [0.4, 0.5) is 5.69 Å². The molecule has 0 fully saturated rings. The van der Waals surface area contributed by atoms with Crippen LogP contribution >= 0.6 is 11.3 Å². The molecule has 0 N–H and O–H groups in total. The van der Waals surface area contributed by atoms with Gasteiger partial charge < -0.3 is 4.90 Å². The van der Waals surface area contributed by atoms with Crippen molar-refractivity contribution in [2.24, 2.45) is 0 Å². The van der Waals surface area contributed by atoms with E-state index in [-0.39, 0.29) is 11.9 Å². The fraction of sp³-hybridized carbons (Fsp3) is 0.333. The molecule has 1 amide bonds. The Morgan fingerprint density at radius 2 is 2.27 bits per heavy atom. The molecule has 0 spiro atoms. The summed E-state index contributed by atoms with van der Waals surface area (Å²) in [7, 11) is 0. The Balaban J connectivity index is 1.49. The lowest BCUT2D eigenvalue weighted by atomic mass is 10.1. The predicted octanol–water partition coefficient (Wildman–Crippen LogP) is 2.10. The molecule has 1 atom stereocenters. The molecule has 22 heavy (non-hydrogen) atoms. The first-order valence-electron chi connectivity index (χ1n) is 7.28. The van der Waals surface area contributed by atoms with Crippen molar-refractivity contribution in [1.82, 2.24) is 19.8 Å². The molecule has 2 aromatic heterocycles. The van der Waals surface area contributed by atoms with Gasteiger partial charge in [0.2, 0.25) is 10.9 Å². The van der Waals surface area contributed by atoms with Crippen molar-refractivity contribution < 1.29 is 4.79 Å². The molecule has 0 bridgehead atoms. The number of rotatable bonds is 3. The maximum atomic E-state index is 12.6. The fourth-order valence-electron chi connectivity index (χ4n) is 2.98. The van der Waals surface area contributed by atoms with Gasteiger partial charge in [-0.25, -0.2) is 0 Å². The Hall–Kier alpha value is -2.28. The zero-order chi connectivity index (χ0) is 15.1. The molecule has 1 unspecified atom stereocenters. The van der Waals surface area contributed by atoms with Gasteiger partial charge in [0, 0.05) is 24.6 Å². The van der Waals surface area contributed by atoms with Gasteiger partial charge in [-0.15, -0.1) is 10.2 Å². The zero-order valence-corrected chi connectivity index (χ0v) is 13.0. The smallest absolute Gasteiger partial charge is 0.234 e. The molecule has 3 heterocycles. The Kier molecular flexibility index (Phi) is 3.15. The van der Waals surface area contributed by atoms with Crippen molar-refractivity contribution in [1.29, 1.82) is 0 Å². The van der Waals surface area contributed by atoms with Crippen LogP contribution in [-0.2, 0) is 17.6 Å². The van der Waals surface area contributed by atoms with Gasteiger partial charge in [-0.2, -0.15) is 9.61 Å². The lowest BCUT2D eigenvalue weighted by Gasteiger charge is -2.22. The highest BCUT2D eigenvalue weighted by atomic mass is 32.1. The highest BCUT2D eigenvalue weighted by Crippen LogP contribution is 2.32. The summed E-state index contributed by atoms with van der Waals surface area (Å²) in [6.07, 6.45) is 3.61. The highest BCUT2D eigenvalue weighted by molar-refractivity contribution is 7.16. The molecule has 1 aromatic carbocycles. The van der Waals surface area contributed by atoms with E-state index in [1.54, 1.807) is 10.8 Å². The number of carbonyl (C=O) groups excluding carboxylic acids is 1. The summed E-state index contributed by atoms with van der Waals surface area (Å²) in [5.41, 5.74) is 2.31. The summed E-state index contributed by atoms with van der Waals surface area (Å²) < 4.78 is 1.65. The van der Waals surface area contributed by atoms with E-state index in [4.69, 9.17) is 0 Å². The van der Waals surface area contributed by atoms with Gasteiger partial charge in [-0.1, -0.05) is 29.5 Å². The SMILES string of the molecule is CC1Cc2ccccc2N1C(=O)CCc1nn2cnnc2s1. The quantitative estimate of drug-likeness (QED) is 0.743. The monoisotopic (exact) mass is 313 g/mol. The molecule has 112 valence electrons. The minimum atomic E-state index is 0.156. The molecule has 0 saturated heterocycles. The molecule has 6 nitrogen and oxygen atoms in total. The number of benzene rings is 1. The lowest BCUT2D eigenvalue weighted by Crippen LogP contribution is -2.35. The molecule has 4 rings (SSSR count). The van der Waals surface area contributed by atoms with Crippen LogP contribution in [0.5, 0.6) is 0 Å². The third-order valence-corrected chi connectivity index (χ3v) is 4.93. The van der Waals surface area contributed by atoms with E-state index < -0.39 is 0 Å². The van der Waals surface area contributed by atoms with Crippen LogP contribution in [0.2, 0.25) is 0 Å². The van der Waals surface area contributed by atoms with Crippen LogP contribution in [0.3, 0.4) is 0 Å². The molecule has 0 aliphatic carbocycles. The zero-order valence-electron chi connectivity index (χ0n) is 12.1. The van der Waals surface area contributed by atoms with E-state index in [2.05, 4.69) is 28.3 Å². The fourth-order valence-corrected chi connectivity index (χ4v) is 3.80. The Morgan fingerprint density at radius 3 is 3.14 bits per heavy atom. The summed E-state index contributed by atoms with van der Waals surface area (Å²) in [4.78, 5) is 15.3. The maximum absolute atomic E-state index is 12.6. The first kappa shape index (κ1) is 13.4.